The monoisotopic (exact) mass is 360 g/mol. The lowest BCUT2D eigenvalue weighted by Crippen LogP contribution is -2.17. The van der Waals surface area contributed by atoms with E-state index >= 15 is 0 Å². The highest BCUT2D eigenvalue weighted by Gasteiger charge is 2.15. The first-order valence-corrected chi connectivity index (χ1v) is 8.36. The van der Waals surface area contributed by atoms with Gasteiger partial charge in [-0.25, -0.2) is 14.8 Å². The van der Waals surface area contributed by atoms with Crippen LogP contribution in [0.1, 0.15) is 21.7 Å². The van der Waals surface area contributed by atoms with Crippen LogP contribution in [0.25, 0.3) is 11.3 Å². The molecule has 0 fully saturated rings. The van der Waals surface area contributed by atoms with Crippen molar-refractivity contribution in [3.05, 3.63) is 94.6 Å². The van der Waals surface area contributed by atoms with Crippen molar-refractivity contribution in [2.45, 2.75) is 13.5 Å². The maximum atomic E-state index is 12.5. The molecule has 7 nitrogen and oxygen atoms in total. The van der Waals surface area contributed by atoms with Crippen LogP contribution >= 0.6 is 0 Å². The van der Waals surface area contributed by atoms with E-state index in [1.807, 2.05) is 43.3 Å². The molecule has 0 aliphatic heterocycles. The average Bonchev–Trinajstić information content (AvgIpc) is 3.16. The van der Waals surface area contributed by atoms with Crippen molar-refractivity contribution in [2.75, 3.05) is 0 Å². The SMILES string of the molecule is Cc1ccn2c(=O)cc(COC(=O)c3cncn3-c3ccccc3)nc2c1. The van der Waals surface area contributed by atoms with E-state index in [0.29, 0.717) is 17.0 Å². The summed E-state index contributed by atoms with van der Waals surface area (Å²) in [5.41, 5.74) is 2.78. The first kappa shape index (κ1) is 16.7. The molecule has 3 aromatic heterocycles. The van der Waals surface area contributed by atoms with Crippen molar-refractivity contribution in [3.8, 4) is 5.69 Å². The topological polar surface area (TPSA) is 78.5 Å². The zero-order chi connectivity index (χ0) is 18.8. The number of benzene rings is 1. The number of aromatic nitrogens is 4. The fourth-order valence-electron chi connectivity index (χ4n) is 2.78. The molecule has 0 saturated heterocycles. The molecule has 7 heteroatoms. The number of hydrogen-bond acceptors (Lipinski definition) is 5. The smallest absolute Gasteiger partial charge is 0.357 e. The maximum Gasteiger partial charge on any atom is 0.357 e. The Hall–Kier alpha value is -3.74. The number of carbonyl (C=O) groups is 1. The zero-order valence-electron chi connectivity index (χ0n) is 14.6. The van der Waals surface area contributed by atoms with E-state index in [1.165, 1.54) is 16.7 Å². The van der Waals surface area contributed by atoms with Gasteiger partial charge < -0.3 is 4.74 Å². The number of aryl methyl sites for hydroxylation is 1. The molecule has 0 bridgehead atoms. The number of nitrogens with zero attached hydrogens (tertiary/aromatic N) is 4. The van der Waals surface area contributed by atoms with Crippen LogP contribution in [0.5, 0.6) is 0 Å². The first-order chi connectivity index (χ1) is 13.1. The van der Waals surface area contributed by atoms with Gasteiger partial charge in [0.1, 0.15) is 12.3 Å². The van der Waals surface area contributed by atoms with Crippen molar-refractivity contribution in [2.24, 2.45) is 0 Å². The number of hydrogen-bond donors (Lipinski definition) is 0. The highest BCUT2D eigenvalue weighted by atomic mass is 16.5. The molecular weight excluding hydrogens is 344 g/mol. The number of esters is 1. The Labute approximate surface area is 154 Å². The van der Waals surface area contributed by atoms with Gasteiger partial charge in [0.05, 0.1) is 18.2 Å². The summed E-state index contributed by atoms with van der Waals surface area (Å²) in [6.45, 7) is 1.82. The predicted octanol–water partition coefficient (Wildman–Crippen LogP) is 2.55. The molecule has 4 aromatic rings. The number of ether oxygens (including phenoxy) is 1. The molecule has 1 aromatic carbocycles. The van der Waals surface area contributed by atoms with Crippen LogP contribution in [0.2, 0.25) is 0 Å². The van der Waals surface area contributed by atoms with E-state index in [-0.39, 0.29) is 12.2 Å². The lowest BCUT2D eigenvalue weighted by atomic mass is 10.3. The van der Waals surface area contributed by atoms with Crippen molar-refractivity contribution >= 4 is 11.6 Å². The van der Waals surface area contributed by atoms with Gasteiger partial charge in [-0.15, -0.1) is 0 Å². The molecule has 0 spiro atoms. The van der Waals surface area contributed by atoms with Gasteiger partial charge >= 0.3 is 5.97 Å². The second-order valence-corrected chi connectivity index (χ2v) is 6.08. The van der Waals surface area contributed by atoms with Crippen LogP contribution in [0.4, 0.5) is 0 Å². The lowest BCUT2D eigenvalue weighted by Gasteiger charge is -2.09. The van der Waals surface area contributed by atoms with Gasteiger partial charge in [-0.3, -0.25) is 13.8 Å². The van der Waals surface area contributed by atoms with Gasteiger partial charge in [0.2, 0.25) is 0 Å². The van der Waals surface area contributed by atoms with E-state index in [4.69, 9.17) is 4.74 Å². The Bertz CT molecular complexity index is 1180. The van der Waals surface area contributed by atoms with E-state index < -0.39 is 5.97 Å². The third kappa shape index (κ3) is 3.35. The minimum absolute atomic E-state index is 0.0987. The molecule has 3 heterocycles. The Morgan fingerprint density at radius 1 is 1.15 bits per heavy atom. The molecule has 134 valence electrons. The molecule has 0 atom stereocenters. The molecule has 0 N–H and O–H groups in total. The van der Waals surface area contributed by atoms with Gasteiger partial charge in [0.25, 0.3) is 5.56 Å². The highest BCUT2D eigenvalue weighted by Crippen LogP contribution is 2.12. The van der Waals surface area contributed by atoms with Gasteiger partial charge in [-0.1, -0.05) is 18.2 Å². The van der Waals surface area contributed by atoms with Crippen molar-refractivity contribution in [1.29, 1.82) is 0 Å². The molecule has 0 radical (unpaired) electrons. The zero-order valence-corrected chi connectivity index (χ0v) is 14.6. The molecular formula is C20H16N4O3. The predicted molar refractivity (Wildman–Crippen MR) is 98.9 cm³/mol. The van der Waals surface area contributed by atoms with Crippen LogP contribution in [-0.4, -0.2) is 24.9 Å². The summed E-state index contributed by atoms with van der Waals surface area (Å²) in [5.74, 6) is -0.539. The van der Waals surface area contributed by atoms with Gasteiger partial charge in [-0.05, 0) is 36.8 Å². The maximum absolute atomic E-state index is 12.5. The summed E-state index contributed by atoms with van der Waals surface area (Å²) < 4.78 is 8.45. The van der Waals surface area contributed by atoms with Gasteiger partial charge in [0, 0.05) is 18.0 Å². The molecule has 4 rings (SSSR count). The standard InChI is InChI=1S/C20H16N4O3/c1-14-7-8-23-18(9-14)22-15(10-19(23)25)12-27-20(26)17-11-21-13-24(17)16-5-3-2-4-6-16/h2-11,13H,12H2,1H3. The average molecular weight is 360 g/mol. The largest absolute Gasteiger partial charge is 0.454 e. The van der Waals surface area contributed by atoms with Gasteiger partial charge in [-0.2, -0.15) is 0 Å². The normalized spacial score (nSPS) is 10.9. The van der Waals surface area contributed by atoms with E-state index in [1.54, 1.807) is 23.2 Å². The van der Waals surface area contributed by atoms with Crippen molar-refractivity contribution in [3.63, 3.8) is 0 Å². The highest BCUT2D eigenvalue weighted by molar-refractivity contribution is 5.88. The molecule has 0 saturated carbocycles. The second-order valence-electron chi connectivity index (χ2n) is 6.08. The fourth-order valence-corrected chi connectivity index (χ4v) is 2.78. The van der Waals surface area contributed by atoms with Crippen LogP contribution in [-0.2, 0) is 11.3 Å². The molecule has 0 aliphatic rings. The fraction of sp³-hybridized carbons (Fsp3) is 0.100. The van der Waals surface area contributed by atoms with Crippen LogP contribution < -0.4 is 5.56 Å². The third-order valence-corrected chi connectivity index (χ3v) is 4.11. The van der Waals surface area contributed by atoms with E-state index in [2.05, 4.69) is 9.97 Å². The summed E-state index contributed by atoms with van der Waals surface area (Å²) in [5, 5.41) is 0. The molecule has 27 heavy (non-hydrogen) atoms. The summed E-state index contributed by atoms with van der Waals surface area (Å²) in [4.78, 5) is 33.1. The number of imidazole rings is 1. The number of carbonyl (C=O) groups excluding carboxylic acids is 1. The third-order valence-electron chi connectivity index (χ3n) is 4.11. The number of rotatable bonds is 4. The van der Waals surface area contributed by atoms with Crippen molar-refractivity contribution in [1.82, 2.24) is 18.9 Å². The summed E-state index contributed by atoms with van der Waals surface area (Å²) in [6.07, 6.45) is 4.67. The summed E-state index contributed by atoms with van der Waals surface area (Å²) in [6, 6.07) is 14.4. The van der Waals surface area contributed by atoms with Gasteiger partial charge in [0.15, 0.2) is 5.69 Å². The minimum atomic E-state index is -0.539. The van der Waals surface area contributed by atoms with Crippen LogP contribution in [0, 0.1) is 6.92 Å². The molecule has 0 aliphatic carbocycles. The Balaban J connectivity index is 1.56. The van der Waals surface area contributed by atoms with Crippen LogP contribution in [0.3, 0.4) is 0 Å². The van der Waals surface area contributed by atoms with Crippen molar-refractivity contribution < 1.29 is 9.53 Å². The van der Waals surface area contributed by atoms with E-state index in [9.17, 15) is 9.59 Å². The van der Waals surface area contributed by atoms with E-state index in [0.717, 1.165) is 11.3 Å². The summed E-state index contributed by atoms with van der Waals surface area (Å²) >= 11 is 0. The van der Waals surface area contributed by atoms with Crippen LogP contribution in [0.15, 0.2) is 72.0 Å². The number of fused-ring (bicyclic) bond motifs is 1. The Morgan fingerprint density at radius 3 is 2.78 bits per heavy atom. The lowest BCUT2D eigenvalue weighted by molar-refractivity contribution is 0.0458. The second kappa shape index (κ2) is 6.87. The Morgan fingerprint density at radius 2 is 1.96 bits per heavy atom. The summed E-state index contributed by atoms with van der Waals surface area (Å²) in [7, 11) is 0. The molecule has 0 amide bonds. The number of pyridine rings is 1. The number of para-hydroxylation sites is 1. The Kier molecular flexibility index (Phi) is 4.25. The first-order valence-electron chi connectivity index (χ1n) is 8.36. The quantitative estimate of drug-likeness (QED) is 0.523. The minimum Gasteiger partial charge on any atom is -0.454 e. The molecule has 0 unspecified atom stereocenters.